The Morgan fingerprint density at radius 2 is 2.00 bits per heavy atom. The second-order valence-corrected chi connectivity index (χ2v) is 8.41. The van der Waals surface area contributed by atoms with Crippen LogP contribution < -0.4 is 5.73 Å². The van der Waals surface area contributed by atoms with Crippen molar-refractivity contribution in [2.75, 3.05) is 12.3 Å². The second-order valence-electron chi connectivity index (χ2n) is 8.00. The van der Waals surface area contributed by atoms with Crippen molar-refractivity contribution < 1.29 is 18.0 Å². The highest BCUT2D eigenvalue weighted by Crippen LogP contribution is 2.33. The molecule has 4 aromatic rings. The molecular weight excluding hydrogens is 459 g/mol. The van der Waals surface area contributed by atoms with Crippen LogP contribution in [0.4, 0.5) is 19.0 Å². The molecule has 170 valence electrons. The van der Waals surface area contributed by atoms with Gasteiger partial charge in [0.15, 0.2) is 5.69 Å². The summed E-state index contributed by atoms with van der Waals surface area (Å²) >= 11 is 6.44. The molecule has 2 N–H and O–H groups in total. The number of rotatable bonds is 5. The zero-order chi connectivity index (χ0) is 23.3. The Balaban J connectivity index is 1.50. The quantitative estimate of drug-likeness (QED) is 0.468. The van der Waals surface area contributed by atoms with Crippen LogP contribution in [0.3, 0.4) is 0 Å². The molecular formula is C21H17ClF3N7O. The molecule has 3 aromatic heterocycles. The number of imidazole rings is 1. The zero-order valence-electron chi connectivity index (χ0n) is 17.1. The summed E-state index contributed by atoms with van der Waals surface area (Å²) in [4.78, 5) is 23.5. The summed E-state index contributed by atoms with van der Waals surface area (Å²) in [6.07, 6.45) is 0.515. The Morgan fingerprint density at radius 3 is 2.67 bits per heavy atom. The fraction of sp³-hybridized carbons (Fsp3) is 0.286. The normalized spacial score (nSPS) is 14.2. The van der Waals surface area contributed by atoms with Crippen LogP contribution in [0.5, 0.6) is 0 Å². The van der Waals surface area contributed by atoms with Gasteiger partial charge in [-0.2, -0.15) is 18.3 Å². The highest BCUT2D eigenvalue weighted by atomic mass is 35.5. The molecule has 1 aliphatic carbocycles. The van der Waals surface area contributed by atoms with E-state index in [9.17, 15) is 18.0 Å². The standard InChI is InChI=1S/C21H17ClF3N7O/c22-14-6-15-16(32-10-27-7-17(32)19(26)28-15)5-13(14)20(33)31(8-11-1-2-11)9-12-3-4-18(30-29-12)21(23,24)25/h3-7,10-11H,1-2,8-9H2,(H2,26,28). The Kier molecular flexibility index (Phi) is 5.08. The van der Waals surface area contributed by atoms with Crippen molar-refractivity contribution >= 4 is 39.9 Å². The number of benzene rings is 1. The second kappa shape index (κ2) is 7.84. The van der Waals surface area contributed by atoms with E-state index in [0.29, 0.717) is 29.0 Å². The molecule has 0 spiro atoms. The molecule has 1 fully saturated rings. The van der Waals surface area contributed by atoms with Crippen molar-refractivity contribution in [3.05, 3.63) is 58.8 Å². The zero-order valence-corrected chi connectivity index (χ0v) is 17.8. The van der Waals surface area contributed by atoms with Gasteiger partial charge in [-0.25, -0.2) is 9.97 Å². The van der Waals surface area contributed by atoms with E-state index >= 15 is 0 Å². The molecule has 1 amide bonds. The van der Waals surface area contributed by atoms with E-state index in [1.165, 1.54) is 11.0 Å². The molecule has 33 heavy (non-hydrogen) atoms. The number of alkyl halides is 3. The molecule has 0 radical (unpaired) electrons. The number of nitrogens with zero attached hydrogens (tertiary/aromatic N) is 6. The van der Waals surface area contributed by atoms with Gasteiger partial charge >= 0.3 is 6.18 Å². The largest absolute Gasteiger partial charge is 0.435 e. The maximum Gasteiger partial charge on any atom is 0.435 e. The number of nitrogen functional groups attached to an aromatic ring is 1. The molecule has 5 rings (SSSR count). The number of nitrogens with two attached hydrogens (primary N) is 1. The van der Waals surface area contributed by atoms with Crippen molar-refractivity contribution in [2.24, 2.45) is 5.92 Å². The number of hydrogen-bond acceptors (Lipinski definition) is 6. The van der Waals surface area contributed by atoms with E-state index in [2.05, 4.69) is 20.2 Å². The molecule has 1 saturated carbocycles. The Labute approximate surface area is 190 Å². The maximum absolute atomic E-state index is 13.5. The topological polar surface area (TPSA) is 102 Å². The van der Waals surface area contributed by atoms with Gasteiger partial charge in [0.2, 0.25) is 0 Å². The average molecular weight is 476 g/mol. The first-order valence-corrected chi connectivity index (χ1v) is 10.5. The van der Waals surface area contributed by atoms with Crippen LogP contribution >= 0.6 is 11.6 Å². The lowest BCUT2D eigenvalue weighted by molar-refractivity contribution is -0.141. The van der Waals surface area contributed by atoms with Gasteiger partial charge in [-0.15, -0.1) is 5.10 Å². The fourth-order valence-corrected chi connectivity index (χ4v) is 3.89. The Hall–Kier alpha value is -3.47. The number of hydrogen-bond donors (Lipinski definition) is 1. The van der Waals surface area contributed by atoms with Crippen LogP contribution in [0.2, 0.25) is 5.02 Å². The number of carbonyl (C=O) groups is 1. The van der Waals surface area contributed by atoms with Crippen LogP contribution in [-0.4, -0.2) is 41.9 Å². The SMILES string of the molecule is Nc1nc2cc(Cl)c(C(=O)N(Cc3ccc(C(F)(F)F)nn3)CC3CC3)cc2n2cncc12. The highest BCUT2D eigenvalue weighted by Gasteiger charge is 2.33. The molecule has 1 aliphatic rings. The summed E-state index contributed by atoms with van der Waals surface area (Å²) in [5, 5.41) is 7.12. The molecule has 0 atom stereocenters. The smallest absolute Gasteiger partial charge is 0.382 e. The van der Waals surface area contributed by atoms with E-state index in [0.717, 1.165) is 18.9 Å². The van der Waals surface area contributed by atoms with E-state index in [1.54, 1.807) is 29.1 Å². The van der Waals surface area contributed by atoms with Crippen LogP contribution in [0.25, 0.3) is 16.6 Å². The lowest BCUT2D eigenvalue weighted by Crippen LogP contribution is -2.33. The summed E-state index contributed by atoms with van der Waals surface area (Å²) in [5.74, 6) is 0.254. The van der Waals surface area contributed by atoms with Gasteiger partial charge in [-0.05, 0) is 43.0 Å². The lowest BCUT2D eigenvalue weighted by Gasteiger charge is -2.23. The van der Waals surface area contributed by atoms with Gasteiger partial charge in [0, 0.05) is 6.54 Å². The van der Waals surface area contributed by atoms with Crippen LogP contribution in [0.1, 0.15) is 34.6 Å². The summed E-state index contributed by atoms with van der Waals surface area (Å²) < 4.78 is 40.1. The van der Waals surface area contributed by atoms with Gasteiger partial charge in [0.25, 0.3) is 5.91 Å². The predicted octanol–water partition coefficient (Wildman–Crippen LogP) is 3.98. The first-order chi connectivity index (χ1) is 15.7. The van der Waals surface area contributed by atoms with Gasteiger partial charge in [0.1, 0.15) is 11.3 Å². The predicted molar refractivity (Wildman–Crippen MR) is 114 cm³/mol. The Morgan fingerprint density at radius 1 is 1.21 bits per heavy atom. The van der Waals surface area contributed by atoms with Crippen molar-refractivity contribution in [2.45, 2.75) is 25.6 Å². The van der Waals surface area contributed by atoms with Gasteiger partial charge < -0.3 is 10.6 Å². The van der Waals surface area contributed by atoms with Crippen LogP contribution in [0, 0.1) is 5.92 Å². The number of aromatic nitrogens is 5. The number of halogens is 4. The molecule has 0 unspecified atom stereocenters. The average Bonchev–Trinajstić information content (AvgIpc) is 3.44. The third kappa shape index (κ3) is 4.15. The minimum absolute atomic E-state index is 0.00924. The molecule has 0 bridgehead atoms. The molecule has 12 heteroatoms. The minimum atomic E-state index is -4.58. The maximum atomic E-state index is 13.5. The fourth-order valence-electron chi connectivity index (χ4n) is 3.65. The number of fused-ring (bicyclic) bond motifs is 3. The summed E-state index contributed by atoms with van der Waals surface area (Å²) in [7, 11) is 0. The van der Waals surface area contributed by atoms with Gasteiger partial charge in [-0.1, -0.05) is 11.6 Å². The summed E-state index contributed by atoms with van der Waals surface area (Å²) in [6, 6.07) is 5.27. The molecule has 1 aromatic carbocycles. The van der Waals surface area contributed by atoms with E-state index in [-0.39, 0.29) is 34.5 Å². The van der Waals surface area contributed by atoms with Gasteiger partial charge in [0.05, 0.1) is 46.4 Å². The number of carbonyl (C=O) groups excluding carboxylic acids is 1. The number of anilines is 1. The van der Waals surface area contributed by atoms with E-state index in [4.69, 9.17) is 17.3 Å². The highest BCUT2D eigenvalue weighted by molar-refractivity contribution is 6.34. The van der Waals surface area contributed by atoms with Crippen molar-refractivity contribution in [1.82, 2.24) is 29.5 Å². The first-order valence-electron chi connectivity index (χ1n) is 10.1. The van der Waals surface area contributed by atoms with Gasteiger partial charge in [-0.3, -0.25) is 9.20 Å². The molecule has 0 saturated heterocycles. The third-order valence-corrected chi connectivity index (χ3v) is 5.83. The minimum Gasteiger partial charge on any atom is -0.382 e. The summed E-state index contributed by atoms with van der Waals surface area (Å²) in [5.41, 5.74) is 7.08. The molecule has 0 aliphatic heterocycles. The third-order valence-electron chi connectivity index (χ3n) is 5.52. The summed E-state index contributed by atoms with van der Waals surface area (Å²) in [6.45, 7) is 0.450. The van der Waals surface area contributed by atoms with Crippen molar-refractivity contribution in [3.63, 3.8) is 0 Å². The van der Waals surface area contributed by atoms with E-state index < -0.39 is 11.9 Å². The number of amides is 1. The molecule has 8 nitrogen and oxygen atoms in total. The van der Waals surface area contributed by atoms with Crippen LogP contribution in [-0.2, 0) is 12.7 Å². The lowest BCUT2D eigenvalue weighted by atomic mass is 10.1. The molecule has 3 heterocycles. The first kappa shape index (κ1) is 21.4. The monoisotopic (exact) mass is 475 g/mol. The van der Waals surface area contributed by atoms with E-state index in [1.807, 2.05) is 0 Å². The van der Waals surface area contributed by atoms with Crippen LogP contribution in [0.15, 0.2) is 36.8 Å². The van der Waals surface area contributed by atoms with Crippen molar-refractivity contribution in [3.8, 4) is 0 Å². The Bertz CT molecular complexity index is 1370. The van der Waals surface area contributed by atoms with Crippen molar-refractivity contribution in [1.29, 1.82) is 0 Å².